The Bertz CT molecular complexity index is 1230. The molecule has 158 valence electrons. The maximum atomic E-state index is 13.2. The molecule has 0 aliphatic carbocycles. The average Bonchev–Trinajstić information content (AvgIpc) is 3.34. The van der Waals surface area contributed by atoms with E-state index in [0.29, 0.717) is 43.1 Å². The summed E-state index contributed by atoms with van der Waals surface area (Å²) in [6.07, 6.45) is 1.76. The van der Waals surface area contributed by atoms with Gasteiger partial charge in [-0.1, -0.05) is 22.9 Å². The van der Waals surface area contributed by atoms with E-state index in [2.05, 4.69) is 20.0 Å². The standard InChI is InChI=1S/C21H18ClFN6OS/c1-13-17(18(22)29(26-13)15-6-4-14(23)5-7-15)20(30)27-9-11-28(12-10-27)21-25-16-3-2-8-24-19(16)31-21/h2-8H,9-12H2,1H3. The second-order valence-corrected chi connectivity index (χ2v) is 8.56. The molecule has 0 N–H and O–H groups in total. The fourth-order valence-electron chi connectivity index (χ4n) is 3.65. The van der Waals surface area contributed by atoms with Crippen LogP contribution in [0.4, 0.5) is 9.52 Å². The topological polar surface area (TPSA) is 67.2 Å². The van der Waals surface area contributed by atoms with Crippen molar-refractivity contribution in [2.24, 2.45) is 0 Å². The molecule has 4 heterocycles. The summed E-state index contributed by atoms with van der Waals surface area (Å²) in [5.41, 5.74) is 2.40. The summed E-state index contributed by atoms with van der Waals surface area (Å²) in [5, 5.41) is 5.55. The van der Waals surface area contributed by atoms with Crippen molar-refractivity contribution in [1.29, 1.82) is 0 Å². The molecule has 0 atom stereocenters. The van der Waals surface area contributed by atoms with Crippen molar-refractivity contribution >= 4 is 44.3 Å². The van der Waals surface area contributed by atoms with Crippen LogP contribution in [-0.2, 0) is 0 Å². The highest BCUT2D eigenvalue weighted by Crippen LogP contribution is 2.29. The van der Waals surface area contributed by atoms with E-state index < -0.39 is 0 Å². The molecule has 1 amide bonds. The number of anilines is 1. The molecule has 0 spiro atoms. The number of halogens is 2. The van der Waals surface area contributed by atoms with Crippen LogP contribution in [0.1, 0.15) is 16.1 Å². The number of aromatic nitrogens is 4. The molecule has 1 aliphatic rings. The highest BCUT2D eigenvalue weighted by atomic mass is 35.5. The Kier molecular flexibility index (Phi) is 5.07. The molecule has 0 radical (unpaired) electrons. The predicted molar refractivity (Wildman–Crippen MR) is 119 cm³/mol. The molecule has 0 unspecified atom stereocenters. The Hall–Kier alpha value is -3.04. The monoisotopic (exact) mass is 456 g/mol. The lowest BCUT2D eigenvalue weighted by atomic mass is 10.2. The van der Waals surface area contributed by atoms with E-state index in [1.54, 1.807) is 41.5 Å². The number of piperazine rings is 1. The Morgan fingerprint density at radius 1 is 1.13 bits per heavy atom. The fourth-order valence-corrected chi connectivity index (χ4v) is 4.96. The van der Waals surface area contributed by atoms with Gasteiger partial charge in [-0.25, -0.2) is 19.0 Å². The second kappa shape index (κ2) is 7.90. The number of carbonyl (C=O) groups excluding carboxylic acids is 1. The van der Waals surface area contributed by atoms with Crippen LogP contribution < -0.4 is 4.90 Å². The van der Waals surface area contributed by atoms with E-state index in [-0.39, 0.29) is 16.9 Å². The zero-order valence-electron chi connectivity index (χ0n) is 16.6. The molecule has 1 saturated heterocycles. The molecular weight excluding hydrogens is 439 g/mol. The first kappa shape index (κ1) is 19.9. The molecular formula is C21H18ClFN6OS. The van der Waals surface area contributed by atoms with Gasteiger partial charge in [-0.2, -0.15) is 5.10 Å². The number of pyridine rings is 1. The first-order chi connectivity index (χ1) is 15.0. The van der Waals surface area contributed by atoms with Crippen LogP contribution in [0.25, 0.3) is 16.0 Å². The van der Waals surface area contributed by atoms with E-state index >= 15 is 0 Å². The summed E-state index contributed by atoms with van der Waals surface area (Å²) in [7, 11) is 0. The van der Waals surface area contributed by atoms with Gasteiger partial charge in [0.05, 0.1) is 16.9 Å². The minimum Gasteiger partial charge on any atom is -0.344 e. The molecule has 1 aliphatic heterocycles. The van der Waals surface area contributed by atoms with Crippen LogP contribution in [0.5, 0.6) is 0 Å². The Morgan fingerprint density at radius 2 is 1.87 bits per heavy atom. The second-order valence-electron chi connectivity index (χ2n) is 7.24. The van der Waals surface area contributed by atoms with Crippen LogP contribution in [0.2, 0.25) is 5.15 Å². The van der Waals surface area contributed by atoms with E-state index in [0.717, 1.165) is 15.5 Å². The lowest BCUT2D eigenvalue weighted by Gasteiger charge is -2.34. The van der Waals surface area contributed by atoms with Crippen molar-refractivity contribution in [3.8, 4) is 5.69 Å². The molecule has 4 aromatic rings. The number of fused-ring (bicyclic) bond motifs is 1. The van der Waals surface area contributed by atoms with Gasteiger partial charge in [0.2, 0.25) is 0 Å². The SMILES string of the molecule is Cc1nn(-c2ccc(F)cc2)c(Cl)c1C(=O)N1CCN(c2nc3cccnc3s2)CC1. The van der Waals surface area contributed by atoms with Crippen LogP contribution in [0.3, 0.4) is 0 Å². The van der Waals surface area contributed by atoms with Gasteiger partial charge in [-0.15, -0.1) is 0 Å². The number of carbonyl (C=O) groups is 1. The van der Waals surface area contributed by atoms with E-state index in [1.165, 1.54) is 16.8 Å². The van der Waals surface area contributed by atoms with Gasteiger partial charge in [0, 0.05) is 32.4 Å². The summed E-state index contributed by atoms with van der Waals surface area (Å²) < 4.78 is 14.7. The van der Waals surface area contributed by atoms with Crippen LogP contribution in [-0.4, -0.2) is 56.7 Å². The summed E-state index contributed by atoms with van der Waals surface area (Å²) in [6.45, 7) is 4.21. The van der Waals surface area contributed by atoms with Crippen molar-refractivity contribution in [2.75, 3.05) is 31.1 Å². The average molecular weight is 457 g/mol. The molecule has 0 saturated carbocycles. The molecule has 3 aromatic heterocycles. The van der Waals surface area contributed by atoms with Crippen molar-refractivity contribution < 1.29 is 9.18 Å². The number of hydrogen-bond donors (Lipinski definition) is 0. The smallest absolute Gasteiger partial charge is 0.259 e. The van der Waals surface area contributed by atoms with Gasteiger partial charge in [0.15, 0.2) is 5.13 Å². The van der Waals surface area contributed by atoms with Crippen molar-refractivity contribution in [2.45, 2.75) is 6.92 Å². The maximum absolute atomic E-state index is 13.2. The largest absolute Gasteiger partial charge is 0.344 e. The lowest BCUT2D eigenvalue weighted by molar-refractivity contribution is 0.0746. The number of nitrogens with zero attached hydrogens (tertiary/aromatic N) is 6. The minimum absolute atomic E-state index is 0.151. The number of amides is 1. The van der Waals surface area contributed by atoms with Crippen LogP contribution >= 0.6 is 22.9 Å². The summed E-state index contributed by atoms with van der Waals surface area (Å²) in [4.78, 5) is 27.1. The van der Waals surface area contributed by atoms with Crippen molar-refractivity contribution in [3.63, 3.8) is 0 Å². The van der Waals surface area contributed by atoms with E-state index in [4.69, 9.17) is 11.6 Å². The molecule has 5 rings (SSSR count). The Labute approximate surface area is 186 Å². The summed E-state index contributed by atoms with van der Waals surface area (Å²) >= 11 is 8.08. The van der Waals surface area contributed by atoms with Crippen molar-refractivity contribution in [1.82, 2.24) is 24.6 Å². The third-order valence-electron chi connectivity index (χ3n) is 5.28. The number of rotatable bonds is 3. The molecule has 1 aromatic carbocycles. The third kappa shape index (κ3) is 3.64. The van der Waals surface area contributed by atoms with E-state index in [9.17, 15) is 9.18 Å². The predicted octanol–water partition coefficient (Wildman–Crippen LogP) is 3.94. The highest BCUT2D eigenvalue weighted by Gasteiger charge is 2.29. The summed E-state index contributed by atoms with van der Waals surface area (Å²) in [6, 6.07) is 9.65. The zero-order valence-corrected chi connectivity index (χ0v) is 18.2. The van der Waals surface area contributed by atoms with E-state index in [1.807, 2.05) is 12.1 Å². The Morgan fingerprint density at radius 3 is 2.58 bits per heavy atom. The van der Waals surface area contributed by atoms with Gasteiger partial charge in [-0.05, 0) is 43.3 Å². The quantitative estimate of drug-likeness (QED) is 0.467. The number of hydrogen-bond acceptors (Lipinski definition) is 6. The van der Waals surface area contributed by atoms with Gasteiger partial charge in [0.1, 0.15) is 21.3 Å². The minimum atomic E-state index is -0.346. The lowest BCUT2D eigenvalue weighted by Crippen LogP contribution is -2.48. The maximum Gasteiger partial charge on any atom is 0.259 e. The van der Waals surface area contributed by atoms with Crippen LogP contribution in [0.15, 0.2) is 42.6 Å². The Balaban J connectivity index is 1.33. The van der Waals surface area contributed by atoms with Gasteiger partial charge in [0.25, 0.3) is 5.91 Å². The van der Waals surface area contributed by atoms with Gasteiger partial charge >= 0.3 is 0 Å². The van der Waals surface area contributed by atoms with Crippen LogP contribution in [0, 0.1) is 12.7 Å². The normalized spacial score (nSPS) is 14.4. The molecule has 0 bridgehead atoms. The highest BCUT2D eigenvalue weighted by molar-refractivity contribution is 7.21. The van der Waals surface area contributed by atoms with Gasteiger partial charge < -0.3 is 9.80 Å². The zero-order chi connectivity index (χ0) is 21.5. The molecule has 10 heteroatoms. The van der Waals surface area contributed by atoms with Crippen molar-refractivity contribution in [3.05, 3.63) is 64.8 Å². The van der Waals surface area contributed by atoms with Gasteiger partial charge in [-0.3, -0.25) is 4.79 Å². The number of benzene rings is 1. The number of thiazole rings is 1. The summed E-state index contributed by atoms with van der Waals surface area (Å²) in [5.74, 6) is -0.497. The molecule has 31 heavy (non-hydrogen) atoms. The molecule has 1 fully saturated rings. The first-order valence-electron chi connectivity index (χ1n) is 9.78. The molecule has 7 nitrogen and oxygen atoms in total. The third-order valence-corrected chi connectivity index (χ3v) is 6.67. The number of aryl methyl sites for hydroxylation is 1. The first-order valence-corrected chi connectivity index (χ1v) is 11.0. The fraction of sp³-hybridized carbons (Fsp3) is 0.238.